The zero-order chi connectivity index (χ0) is 22.2. The summed E-state index contributed by atoms with van der Waals surface area (Å²) in [5, 5.41) is 4.28. The number of nitrogens with one attached hydrogen (secondary N) is 3. The maximum atomic E-state index is 12.9. The third-order valence-corrected chi connectivity index (χ3v) is 7.15. The van der Waals surface area contributed by atoms with E-state index in [-0.39, 0.29) is 16.8 Å². The average Bonchev–Trinajstić information content (AvgIpc) is 3.36. The first kappa shape index (κ1) is 20.5. The largest absolute Gasteiger partial charge is 0.325 e. The van der Waals surface area contributed by atoms with Crippen molar-refractivity contribution in [1.29, 1.82) is 0 Å². The maximum Gasteiger partial charge on any atom is 0.323 e. The number of benzene rings is 2. The molecule has 0 aliphatic heterocycles. The first-order valence-corrected chi connectivity index (χ1v) is 11.7. The lowest BCUT2D eigenvalue weighted by Gasteiger charge is -2.12. The molecule has 0 aliphatic rings. The molecule has 5 rings (SSSR count). The van der Waals surface area contributed by atoms with Gasteiger partial charge in [-0.3, -0.25) is 4.79 Å². The van der Waals surface area contributed by atoms with Gasteiger partial charge in [0.15, 0.2) is 0 Å². The monoisotopic (exact) mass is 461 g/mol. The molecule has 3 N–H and O–H groups in total. The number of H-pyrrole nitrogens is 2. The Balaban J connectivity index is 1.39. The van der Waals surface area contributed by atoms with Gasteiger partial charge in [0.25, 0.3) is 0 Å². The van der Waals surface area contributed by atoms with Gasteiger partial charge in [0.2, 0.25) is 5.91 Å². The number of carbonyl (C=O) groups is 1. The van der Waals surface area contributed by atoms with Crippen LogP contribution >= 0.6 is 23.1 Å². The normalized spacial score (nSPS) is 12.3. The van der Waals surface area contributed by atoms with E-state index in [1.807, 2.05) is 32.0 Å². The molecule has 1 amide bonds. The van der Waals surface area contributed by atoms with Gasteiger partial charge in [-0.2, -0.15) is 0 Å². The molecule has 2 aromatic carbocycles. The lowest BCUT2D eigenvalue weighted by atomic mass is 10.2. The Morgan fingerprint density at radius 1 is 1.06 bits per heavy atom. The van der Waals surface area contributed by atoms with Crippen molar-refractivity contribution in [2.45, 2.75) is 24.1 Å². The van der Waals surface area contributed by atoms with E-state index in [1.165, 1.54) is 11.8 Å². The molecule has 0 saturated carbocycles. The third-order valence-electron chi connectivity index (χ3n) is 4.97. The highest BCUT2D eigenvalue weighted by molar-refractivity contribution is 8.00. The van der Waals surface area contributed by atoms with Crippen molar-refractivity contribution in [3.05, 3.63) is 70.9 Å². The van der Waals surface area contributed by atoms with Crippen LogP contribution in [0.2, 0.25) is 0 Å². The summed E-state index contributed by atoms with van der Waals surface area (Å²) in [6.45, 7) is 3.72. The third kappa shape index (κ3) is 4.04. The second-order valence-electron chi connectivity index (χ2n) is 7.36. The van der Waals surface area contributed by atoms with Gasteiger partial charge in [0, 0.05) is 16.0 Å². The van der Waals surface area contributed by atoms with E-state index in [0.29, 0.717) is 22.5 Å². The molecule has 5 aromatic rings. The molecular weight excluding hydrogens is 442 g/mol. The van der Waals surface area contributed by atoms with Gasteiger partial charge < -0.3 is 15.3 Å². The van der Waals surface area contributed by atoms with Crippen LogP contribution in [-0.4, -0.2) is 31.1 Å². The minimum Gasteiger partial charge on any atom is -0.325 e. The number of rotatable bonds is 5. The van der Waals surface area contributed by atoms with Crippen LogP contribution in [0.5, 0.6) is 0 Å². The van der Waals surface area contributed by atoms with Crippen LogP contribution in [0.3, 0.4) is 0 Å². The second-order valence-corrected chi connectivity index (χ2v) is 9.72. The van der Waals surface area contributed by atoms with Crippen molar-refractivity contribution >= 4 is 55.9 Å². The Bertz CT molecular complexity index is 1500. The Morgan fingerprint density at radius 2 is 1.84 bits per heavy atom. The Hall–Kier alpha value is -3.43. The average molecular weight is 462 g/mol. The molecule has 0 spiro atoms. The number of hydrogen-bond acceptors (Lipinski definition) is 6. The fourth-order valence-electron chi connectivity index (χ4n) is 3.41. The summed E-state index contributed by atoms with van der Waals surface area (Å²) >= 11 is 3.03. The highest BCUT2D eigenvalue weighted by atomic mass is 32.2. The first-order chi connectivity index (χ1) is 15.5. The smallest absolute Gasteiger partial charge is 0.323 e. The molecular formula is C23H19N5O2S2. The number of nitrogens with zero attached hydrogens (tertiary/aromatic N) is 2. The molecule has 160 valence electrons. The van der Waals surface area contributed by atoms with E-state index >= 15 is 0 Å². The van der Waals surface area contributed by atoms with Crippen molar-refractivity contribution in [2.24, 2.45) is 0 Å². The van der Waals surface area contributed by atoms with Crippen LogP contribution in [0, 0.1) is 6.92 Å². The molecule has 1 unspecified atom stereocenters. The molecule has 0 bridgehead atoms. The number of anilines is 1. The van der Waals surface area contributed by atoms with Gasteiger partial charge in [0.1, 0.15) is 15.7 Å². The van der Waals surface area contributed by atoms with Crippen LogP contribution in [-0.2, 0) is 4.79 Å². The second kappa shape index (κ2) is 8.25. The van der Waals surface area contributed by atoms with Crippen LogP contribution < -0.4 is 11.0 Å². The first-order valence-electron chi connectivity index (χ1n) is 9.99. The molecule has 1 atom stereocenters. The van der Waals surface area contributed by atoms with E-state index in [4.69, 9.17) is 0 Å². The fraction of sp³-hybridized carbons (Fsp3) is 0.130. The lowest BCUT2D eigenvalue weighted by Crippen LogP contribution is -2.22. The summed E-state index contributed by atoms with van der Waals surface area (Å²) in [5.74, 6) is 0.533. The topological polar surface area (TPSA) is 104 Å². The minimum atomic E-state index is -0.381. The molecule has 7 nitrogen and oxygen atoms in total. The standard InChI is InChI=1S/C23H19N5O2S2/c1-12(20(29)26-15-8-9-17-18(10-15)28-23(30)27-17)31-21-16-11-19(14-6-4-3-5-7-14)32-22(16)25-13(2)24-21/h3-12H,1-2H3,(H,26,29)(H2,27,28,30). The predicted molar refractivity (Wildman–Crippen MR) is 130 cm³/mol. The van der Waals surface area contributed by atoms with E-state index in [2.05, 4.69) is 43.5 Å². The summed E-state index contributed by atoms with van der Waals surface area (Å²) in [6.07, 6.45) is 0. The number of fused-ring (bicyclic) bond motifs is 2. The van der Waals surface area contributed by atoms with Crippen LogP contribution in [0.1, 0.15) is 12.7 Å². The zero-order valence-electron chi connectivity index (χ0n) is 17.3. The van der Waals surface area contributed by atoms with E-state index in [1.54, 1.807) is 29.5 Å². The van der Waals surface area contributed by atoms with Gasteiger partial charge in [-0.15, -0.1) is 11.3 Å². The molecule has 0 fully saturated rings. The molecule has 32 heavy (non-hydrogen) atoms. The SMILES string of the molecule is Cc1nc(SC(C)C(=O)Nc2ccc3[nH]c(=O)[nH]c3c2)c2cc(-c3ccccc3)sc2n1. The molecule has 0 saturated heterocycles. The molecule has 0 radical (unpaired) electrons. The number of amides is 1. The van der Waals surface area contributed by atoms with Gasteiger partial charge in [-0.25, -0.2) is 14.8 Å². The van der Waals surface area contributed by atoms with E-state index < -0.39 is 0 Å². The maximum absolute atomic E-state index is 12.9. The number of aromatic amines is 2. The zero-order valence-corrected chi connectivity index (χ0v) is 18.9. The molecule has 3 heterocycles. The van der Waals surface area contributed by atoms with E-state index in [9.17, 15) is 9.59 Å². The van der Waals surface area contributed by atoms with Crippen LogP contribution in [0.15, 0.2) is 64.4 Å². The summed E-state index contributed by atoms with van der Waals surface area (Å²) in [5.41, 5.74) is 2.82. The van der Waals surface area contributed by atoms with Crippen molar-refractivity contribution in [3.63, 3.8) is 0 Å². The quantitative estimate of drug-likeness (QED) is 0.254. The van der Waals surface area contributed by atoms with Crippen molar-refractivity contribution in [1.82, 2.24) is 19.9 Å². The number of aryl methyl sites for hydroxylation is 1. The van der Waals surface area contributed by atoms with Crippen LogP contribution in [0.25, 0.3) is 31.7 Å². The van der Waals surface area contributed by atoms with Crippen molar-refractivity contribution in [2.75, 3.05) is 5.32 Å². The van der Waals surface area contributed by atoms with Gasteiger partial charge in [0.05, 0.1) is 16.3 Å². The molecule has 0 aliphatic carbocycles. The number of aromatic nitrogens is 4. The van der Waals surface area contributed by atoms with Gasteiger partial charge >= 0.3 is 5.69 Å². The number of hydrogen-bond donors (Lipinski definition) is 3. The Morgan fingerprint density at radius 3 is 2.66 bits per heavy atom. The number of thiophene rings is 1. The number of carbonyl (C=O) groups excluding carboxylic acids is 1. The Kier molecular flexibility index (Phi) is 5.28. The highest BCUT2D eigenvalue weighted by Crippen LogP contribution is 2.37. The number of imidazole rings is 1. The van der Waals surface area contributed by atoms with Gasteiger partial charge in [-0.05, 0) is 43.7 Å². The van der Waals surface area contributed by atoms with Crippen LogP contribution in [0.4, 0.5) is 5.69 Å². The summed E-state index contributed by atoms with van der Waals surface area (Å²) < 4.78 is 0. The summed E-state index contributed by atoms with van der Waals surface area (Å²) in [6, 6.07) is 17.5. The van der Waals surface area contributed by atoms with E-state index in [0.717, 1.165) is 25.7 Å². The lowest BCUT2D eigenvalue weighted by molar-refractivity contribution is -0.115. The highest BCUT2D eigenvalue weighted by Gasteiger charge is 2.19. The predicted octanol–water partition coefficient (Wildman–Crippen LogP) is 4.96. The number of thioether (sulfide) groups is 1. The minimum absolute atomic E-state index is 0.143. The Labute approximate surface area is 191 Å². The fourth-order valence-corrected chi connectivity index (χ4v) is 5.52. The van der Waals surface area contributed by atoms with Crippen molar-refractivity contribution < 1.29 is 4.79 Å². The summed E-state index contributed by atoms with van der Waals surface area (Å²) in [4.78, 5) is 40.9. The van der Waals surface area contributed by atoms with Gasteiger partial charge in [-0.1, -0.05) is 42.1 Å². The molecule has 9 heteroatoms. The molecule has 3 aromatic heterocycles. The van der Waals surface area contributed by atoms with Crippen molar-refractivity contribution in [3.8, 4) is 10.4 Å². The summed E-state index contributed by atoms with van der Waals surface area (Å²) in [7, 11) is 0.